The number of carbonyl (C=O) groups excluding carboxylic acids is 1. The van der Waals surface area contributed by atoms with Gasteiger partial charge in [0.25, 0.3) is 5.91 Å². The number of hydrogen-bond acceptors (Lipinski definition) is 7. The van der Waals surface area contributed by atoms with Crippen LogP contribution in [0.25, 0.3) is 0 Å². The third kappa shape index (κ3) is 4.44. The van der Waals surface area contributed by atoms with Crippen LogP contribution in [0, 0.1) is 0 Å². The van der Waals surface area contributed by atoms with Gasteiger partial charge in [0.15, 0.2) is 11.5 Å². The second-order valence-electron chi connectivity index (χ2n) is 6.49. The zero-order chi connectivity index (χ0) is 19.9. The van der Waals surface area contributed by atoms with E-state index in [1.807, 2.05) is 0 Å². The Morgan fingerprint density at radius 3 is 2.36 bits per heavy atom. The van der Waals surface area contributed by atoms with Gasteiger partial charge in [-0.05, 0) is 37.8 Å². The minimum atomic E-state index is -0.198. The Morgan fingerprint density at radius 2 is 1.75 bits per heavy atom. The molecule has 0 spiro atoms. The molecule has 0 bridgehead atoms. The number of ether oxygens (including phenoxy) is 4. The highest BCUT2D eigenvalue weighted by Gasteiger charge is 2.26. The van der Waals surface area contributed by atoms with Gasteiger partial charge in [0.1, 0.15) is 6.10 Å². The van der Waals surface area contributed by atoms with E-state index >= 15 is 0 Å². The standard InChI is InChI=1S/C20H25N3O5/c1-25-16-9-8-15(18(26-2)19(16)27-3)20(24)23-13-4-6-14(7-5-13)28-17-12-21-10-11-22-17/h8-14H,4-7H2,1-3H3,(H,23,24). The average Bonchev–Trinajstić information content (AvgIpc) is 2.74. The maximum Gasteiger partial charge on any atom is 0.255 e. The molecule has 3 rings (SSSR count). The van der Waals surface area contributed by atoms with Crippen LogP contribution in [0.3, 0.4) is 0 Å². The molecule has 1 aromatic heterocycles. The molecule has 1 amide bonds. The fraction of sp³-hybridized carbons (Fsp3) is 0.450. The Hall–Kier alpha value is -3.03. The lowest BCUT2D eigenvalue weighted by molar-refractivity contribution is 0.0886. The number of nitrogens with zero attached hydrogens (tertiary/aromatic N) is 2. The van der Waals surface area contributed by atoms with Crippen LogP contribution in [0.2, 0.25) is 0 Å². The minimum Gasteiger partial charge on any atom is -0.493 e. The molecule has 28 heavy (non-hydrogen) atoms. The van der Waals surface area contributed by atoms with E-state index in [0.717, 1.165) is 25.7 Å². The molecule has 8 heteroatoms. The Morgan fingerprint density at radius 1 is 1.00 bits per heavy atom. The van der Waals surface area contributed by atoms with Crippen molar-refractivity contribution >= 4 is 5.91 Å². The van der Waals surface area contributed by atoms with Crippen molar-refractivity contribution in [3.63, 3.8) is 0 Å². The SMILES string of the molecule is COc1ccc(C(=O)NC2CCC(Oc3cnccn3)CC2)c(OC)c1OC. The van der Waals surface area contributed by atoms with Gasteiger partial charge in [-0.1, -0.05) is 0 Å². The number of aromatic nitrogens is 2. The summed E-state index contributed by atoms with van der Waals surface area (Å²) < 4.78 is 21.9. The van der Waals surface area contributed by atoms with Gasteiger partial charge in [0, 0.05) is 18.4 Å². The van der Waals surface area contributed by atoms with E-state index in [9.17, 15) is 4.79 Å². The zero-order valence-corrected chi connectivity index (χ0v) is 16.3. The lowest BCUT2D eigenvalue weighted by Crippen LogP contribution is -2.39. The Balaban J connectivity index is 1.60. The highest BCUT2D eigenvalue weighted by Crippen LogP contribution is 2.39. The second-order valence-corrected chi connectivity index (χ2v) is 6.49. The fourth-order valence-electron chi connectivity index (χ4n) is 3.39. The summed E-state index contributed by atoms with van der Waals surface area (Å²) in [6, 6.07) is 3.45. The van der Waals surface area contributed by atoms with Crippen molar-refractivity contribution in [3.8, 4) is 23.1 Å². The van der Waals surface area contributed by atoms with Crippen molar-refractivity contribution in [2.24, 2.45) is 0 Å². The van der Waals surface area contributed by atoms with Gasteiger partial charge in [-0.25, -0.2) is 4.98 Å². The first kappa shape index (κ1) is 19.7. The highest BCUT2D eigenvalue weighted by atomic mass is 16.5. The van der Waals surface area contributed by atoms with E-state index in [2.05, 4.69) is 15.3 Å². The van der Waals surface area contributed by atoms with Gasteiger partial charge in [-0.15, -0.1) is 0 Å². The van der Waals surface area contributed by atoms with Crippen LogP contribution in [-0.4, -0.2) is 49.4 Å². The smallest absolute Gasteiger partial charge is 0.255 e. The van der Waals surface area contributed by atoms with Crippen molar-refractivity contribution in [3.05, 3.63) is 36.3 Å². The van der Waals surface area contributed by atoms with E-state index in [1.165, 1.54) is 14.2 Å². The molecule has 2 aromatic rings. The molecular formula is C20H25N3O5. The Labute approximate surface area is 164 Å². The van der Waals surface area contributed by atoms with Gasteiger partial charge in [-0.2, -0.15) is 0 Å². The lowest BCUT2D eigenvalue weighted by atomic mass is 9.92. The number of methoxy groups -OCH3 is 3. The predicted octanol–water partition coefficient (Wildman–Crippen LogP) is 2.62. The molecule has 1 N–H and O–H groups in total. The van der Waals surface area contributed by atoms with E-state index in [0.29, 0.717) is 28.7 Å². The van der Waals surface area contributed by atoms with Gasteiger partial charge in [0.05, 0.1) is 33.1 Å². The Kier molecular flexibility index (Phi) is 6.52. The molecule has 1 aliphatic carbocycles. The molecule has 0 saturated heterocycles. The third-order valence-electron chi connectivity index (χ3n) is 4.79. The first-order valence-corrected chi connectivity index (χ1v) is 9.18. The summed E-state index contributed by atoms with van der Waals surface area (Å²) in [5.74, 6) is 1.61. The normalized spacial score (nSPS) is 18.8. The molecule has 8 nitrogen and oxygen atoms in total. The van der Waals surface area contributed by atoms with E-state index in [-0.39, 0.29) is 18.1 Å². The summed E-state index contributed by atoms with van der Waals surface area (Å²) in [6.07, 6.45) is 8.24. The van der Waals surface area contributed by atoms with Crippen LogP contribution >= 0.6 is 0 Å². The summed E-state index contributed by atoms with van der Waals surface area (Å²) in [7, 11) is 4.56. The van der Waals surface area contributed by atoms with E-state index < -0.39 is 0 Å². The summed E-state index contributed by atoms with van der Waals surface area (Å²) in [5, 5.41) is 3.08. The van der Waals surface area contributed by atoms with Crippen LogP contribution in [-0.2, 0) is 0 Å². The monoisotopic (exact) mass is 387 g/mol. The predicted molar refractivity (Wildman–Crippen MR) is 102 cm³/mol. The number of hydrogen-bond donors (Lipinski definition) is 1. The summed E-state index contributed by atoms with van der Waals surface area (Å²) in [6.45, 7) is 0. The molecule has 0 atom stereocenters. The molecule has 1 saturated carbocycles. The molecule has 0 aliphatic heterocycles. The molecule has 1 fully saturated rings. The molecule has 0 radical (unpaired) electrons. The van der Waals surface area contributed by atoms with E-state index in [1.54, 1.807) is 37.8 Å². The van der Waals surface area contributed by atoms with Crippen LogP contribution in [0.1, 0.15) is 36.0 Å². The number of carbonyl (C=O) groups is 1. The number of amides is 1. The van der Waals surface area contributed by atoms with Crippen LogP contribution in [0.15, 0.2) is 30.7 Å². The van der Waals surface area contributed by atoms with Gasteiger partial charge >= 0.3 is 0 Å². The zero-order valence-electron chi connectivity index (χ0n) is 16.3. The molecule has 150 valence electrons. The lowest BCUT2D eigenvalue weighted by Gasteiger charge is -2.29. The van der Waals surface area contributed by atoms with Gasteiger partial charge in [-0.3, -0.25) is 9.78 Å². The second kappa shape index (κ2) is 9.25. The summed E-state index contributed by atoms with van der Waals surface area (Å²) in [4.78, 5) is 20.9. The largest absolute Gasteiger partial charge is 0.493 e. The topological polar surface area (TPSA) is 91.8 Å². The van der Waals surface area contributed by atoms with Crippen molar-refractivity contribution in [1.29, 1.82) is 0 Å². The van der Waals surface area contributed by atoms with Crippen LogP contribution < -0.4 is 24.3 Å². The molecule has 1 heterocycles. The van der Waals surface area contributed by atoms with Crippen molar-refractivity contribution in [1.82, 2.24) is 15.3 Å². The van der Waals surface area contributed by atoms with Crippen molar-refractivity contribution in [2.75, 3.05) is 21.3 Å². The average molecular weight is 387 g/mol. The fourth-order valence-corrected chi connectivity index (χ4v) is 3.39. The molecule has 1 aliphatic rings. The number of nitrogens with one attached hydrogen (secondary N) is 1. The number of benzene rings is 1. The first-order valence-electron chi connectivity index (χ1n) is 9.18. The van der Waals surface area contributed by atoms with Crippen LogP contribution in [0.4, 0.5) is 0 Å². The van der Waals surface area contributed by atoms with Gasteiger partial charge in [0.2, 0.25) is 11.6 Å². The third-order valence-corrected chi connectivity index (χ3v) is 4.79. The highest BCUT2D eigenvalue weighted by molar-refractivity contribution is 5.98. The molecule has 1 aromatic carbocycles. The molecular weight excluding hydrogens is 362 g/mol. The summed E-state index contributed by atoms with van der Waals surface area (Å²) >= 11 is 0. The quantitative estimate of drug-likeness (QED) is 0.781. The van der Waals surface area contributed by atoms with Crippen molar-refractivity contribution in [2.45, 2.75) is 37.8 Å². The van der Waals surface area contributed by atoms with Gasteiger partial charge < -0.3 is 24.3 Å². The van der Waals surface area contributed by atoms with E-state index in [4.69, 9.17) is 18.9 Å². The minimum absolute atomic E-state index is 0.0759. The number of rotatable bonds is 7. The van der Waals surface area contributed by atoms with Crippen LogP contribution in [0.5, 0.6) is 23.1 Å². The Bertz CT molecular complexity index is 792. The maximum atomic E-state index is 12.8. The molecule has 0 unspecified atom stereocenters. The van der Waals surface area contributed by atoms with Crippen molar-refractivity contribution < 1.29 is 23.7 Å². The first-order chi connectivity index (χ1) is 13.7. The summed E-state index contributed by atoms with van der Waals surface area (Å²) in [5.41, 5.74) is 0.415. The maximum absolute atomic E-state index is 12.8.